The minimum atomic E-state index is 0.547. The van der Waals surface area contributed by atoms with Crippen molar-refractivity contribution in [2.24, 2.45) is 0 Å². The molecule has 0 unspecified atom stereocenters. The second kappa shape index (κ2) is 8.85. The Balaban J connectivity index is 1.26. The summed E-state index contributed by atoms with van der Waals surface area (Å²) in [5.74, 6) is 0. The largest absolute Gasteiger partial charge is 0.375 e. The lowest BCUT2D eigenvalue weighted by atomic mass is 10.2. The van der Waals surface area contributed by atoms with E-state index in [2.05, 4.69) is 46.1 Å². The van der Waals surface area contributed by atoms with Crippen LogP contribution in [0.3, 0.4) is 0 Å². The Hall–Kier alpha value is -1.85. The number of anilines is 1. The summed E-state index contributed by atoms with van der Waals surface area (Å²) in [6, 6.07) is 10.7. The van der Waals surface area contributed by atoms with Crippen LogP contribution in [0.2, 0.25) is 0 Å². The van der Waals surface area contributed by atoms with Gasteiger partial charge >= 0.3 is 0 Å². The Morgan fingerprint density at radius 3 is 2.54 bits per heavy atom. The van der Waals surface area contributed by atoms with Crippen LogP contribution in [0.4, 0.5) is 5.69 Å². The average Bonchev–Trinajstić information content (AvgIpc) is 3.13. The van der Waals surface area contributed by atoms with Gasteiger partial charge in [-0.05, 0) is 38.4 Å². The minimum Gasteiger partial charge on any atom is -0.375 e. The van der Waals surface area contributed by atoms with Crippen molar-refractivity contribution in [3.05, 3.63) is 47.9 Å². The van der Waals surface area contributed by atoms with Gasteiger partial charge in [0.2, 0.25) is 0 Å². The van der Waals surface area contributed by atoms with Gasteiger partial charge in [0.05, 0.1) is 6.61 Å². The number of benzene rings is 1. The molecule has 0 radical (unpaired) electrons. The molecule has 130 valence electrons. The van der Waals surface area contributed by atoms with E-state index in [4.69, 9.17) is 9.26 Å². The van der Waals surface area contributed by atoms with Gasteiger partial charge in [0.25, 0.3) is 0 Å². The monoisotopic (exact) mass is 329 g/mol. The molecule has 0 amide bonds. The third-order valence-corrected chi connectivity index (χ3v) is 4.53. The highest BCUT2D eigenvalue weighted by Crippen LogP contribution is 2.17. The van der Waals surface area contributed by atoms with E-state index < -0.39 is 0 Å². The highest BCUT2D eigenvalue weighted by atomic mass is 16.5. The van der Waals surface area contributed by atoms with E-state index in [1.54, 1.807) is 6.26 Å². The molecule has 0 bridgehead atoms. The van der Waals surface area contributed by atoms with Crippen LogP contribution in [0.1, 0.15) is 24.1 Å². The van der Waals surface area contributed by atoms with Crippen LogP contribution in [0.25, 0.3) is 0 Å². The molecular weight excluding hydrogens is 302 g/mol. The summed E-state index contributed by atoms with van der Waals surface area (Å²) in [5.41, 5.74) is 3.53. The quantitative estimate of drug-likeness (QED) is 0.696. The van der Waals surface area contributed by atoms with E-state index in [0.29, 0.717) is 6.61 Å². The predicted molar refractivity (Wildman–Crippen MR) is 95.2 cm³/mol. The van der Waals surface area contributed by atoms with Gasteiger partial charge in [0.1, 0.15) is 12.0 Å². The third-order valence-electron chi connectivity index (χ3n) is 4.53. The van der Waals surface area contributed by atoms with Crippen LogP contribution in [0.15, 0.2) is 41.1 Å². The molecule has 0 spiro atoms. The molecule has 1 aliphatic rings. The molecule has 2 heterocycles. The van der Waals surface area contributed by atoms with Crippen LogP contribution in [0.5, 0.6) is 0 Å². The highest BCUT2D eigenvalue weighted by molar-refractivity contribution is 5.47. The summed E-state index contributed by atoms with van der Waals surface area (Å²) in [7, 11) is 0. The smallest absolute Gasteiger partial charge is 0.124 e. The Labute approximate surface area is 144 Å². The molecule has 0 saturated carbocycles. The fourth-order valence-electron chi connectivity index (χ4n) is 3.01. The summed E-state index contributed by atoms with van der Waals surface area (Å²) >= 11 is 0. The number of piperazine rings is 1. The molecule has 24 heavy (non-hydrogen) atoms. The third kappa shape index (κ3) is 5.08. The maximum Gasteiger partial charge on any atom is 0.124 e. The molecule has 1 aromatic heterocycles. The van der Waals surface area contributed by atoms with Crippen LogP contribution >= 0.6 is 0 Å². The fraction of sp³-hybridized carbons (Fsp3) is 0.526. The average molecular weight is 329 g/mol. The number of hydrogen-bond donors (Lipinski definition) is 0. The number of nitrogens with zero attached hydrogens (tertiary/aromatic N) is 3. The van der Waals surface area contributed by atoms with Crippen LogP contribution in [0, 0.1) is 6.92 Å². The summed E-state index contributed by atoms with van der Waals surface area (Å²) in [6.45, 7) is 9.16. The van der Waals surface area contributed by atoms with Crippen LogP contribution in [-0.2, 0) is 11.3 Å². The maximum absolute atomic E-state index is 5.60. The molecule has 0 N–H and O–H groups in total. The molecule has 0 aliphatic carbocycles. The normalized spacial score (nSPS) is 15.8. The number of ether oxygens (including phenoxy) is 1. The van der Waals surface area contributed by atoms with Crippen molar-refractivity contribution in [1.29, 1.82) is 0 Å². The second-order valence-corrected chi connectivity index (χ2v) is 6.41. The Bertz CT molecular complexity index is 575. The first-order chi connectivity index (χ1) is 11.8. The van der Waals surface area contributed by atoms with Gasteiger partial charge in [0, 0.05) is 44.5 Å². The van der Waals surface area contributed by atoms with Gasteiger partial charge in [-0.1, -0.05) is 22.9 Å². The molecule has 3 rings (SSSR count). The van der Waals surface area contributed by atoms with Gasteiger partial charge in [-0.25, -0.2) is 0 Å². The minimum absolute atomic E-state index is 0.547. The zero-order valence-corrected chi connectivity index (χ0v) is 14.5. The van der Waals surface area contributed by atoms with Crippen LogP contribution in [-0.4, -0.2) is 49.4 Å². The Morgan fingerprint density at radius 2 is 1.83 bits per heavy atom. The van der Waals surface area contributed by atoms with E-state index in [0.717, 1.165) is 51.4 Å². The van der Waals surface area contributed by atoms with E-state index in [1.165, 1.54) is 17.7 Å². The molecular formula is C19H27N3O2. The summed E-state index contributed by atoms with van der Waals surface area (Å²) in [6.07, 6.45) is 3.86. The maximum atomic E-state index is 5.60. The SMILES string of the molecule is Cc1ccc(N2CCN(CCCCOCc3ccon3)CC2)cc1. The molecule has 5 nitrogen and oxygen atoms in total. The van der Waals surface area contributed by atoms with Gasteiger partial charge < -0.3 is 14.2 Å². The lowest BCUT2D eigenvalue weighted by molar-refractivity contribution is 0.109. The fourth-order valence-corrected chi connectivity index (χ4v) is 3.01. The van der Waals surface area contributed by atoms with Crippen molar-refractivity contribution in [2.75, 3.05) is 44.2 Å². The zero-order valence-electron chi connectivity index (χ0n) is 14.5. The van der Waals surface area contributed by atoms with Crippen molar-refractivity contribution < 1.29 is 9.26 Å². The molecule has 2 aromatic rings. The Morgan fingerprint density at radius 1 is 1.04 bits per heavy atom. The van der Waals surface area contributed by atoms with E-state index >= 15 is 0 Å². The van der Waals surface area contributed by atoms with Gasteiger partial charge in [0.15, 0.2) is 0 Å². The van der Waals surface area contributed by atoms with Gasteiger partial charge in [-0.15, -0.1) is 0 Å². The number of aromatic nitrogens is 1. The predicted octanol–water partition coefficient (Wildman–Crippen LogP) is 3.10. The number of rotatable bonds is 8. The molecule has 1 fully saturated rings. The zero-order chi connectivity index (χ0) is 16.6. The molecule has 1 aromatic carbocycles. The van der Waals surface area contributed by atoms with Crippen molar-refractivity contribution in [1.82, 2.24) is 10.1 Å². The molecule has 1 aliphatic heterocycles. The number of unbranched alkanes of at least 4 members (excludes halogenated alkanes) is 1. The number of aryl methyl sites for hydroxylation is 1. The van der Waals surface area contributed by atoms with E-state index in [9.17, 15) is 0 Å². The second-order valence-electron chi connectivity index (χ2n) is 6.41. The lowest BCUT2D eigenvalue weighted by Crippen LogP contribution is -2.46. The van der Waals surface area contributed by atoms with Gasteiger partial charge in [-0.3, -0.25) is 4.90 Å². The van der Waals surface area contributed by atoms with E-state index in [1.807, 2.05) is 6.07 Å². The van der Waals surface area contributed by atoms with Crippen molar-refractivity contribution in [3.63, 3.8) is 0 Å². The highest BCUT2D eigenvalue weighted by Gasteiger charge is 2.16. The van der Waals surface area contributed by atoms with Gasteiger partial charge in [-0.2, -0.15) is 0 Å². The Kier molecular flexibility index (Phi) is 6.26. The summed E-state index contributed by atoms with van der Waals surface area (Å²) < 4.78 is 10.4. The topological polar surface area (TPSA) is 41.7 Å². The first kappa shape index (κ1) is 17.0. The molecule has 0 atom stereocenters. The van der Waals surface area contributed by atoms with Crippen molar-refractivity contribution >= 4 is 5.69 Å². The first-order valence-electron chi connectivity index (χ1n) is 8.82. The van der Waals surface area contributed by atoms with Crippen molar-refractivity contribution in [2.45, 2.75) is 26.4 Å². The molecule has 1 saturated heterocycles. The first-order valence-corrected chi connectivity index (χ1v) is 8.82. The lowest BCUT2D eigenvalue weighted by Gasteiger charge is -2.36. The van der Waals surface area contributed by atoms with Crippen LogP contribution < -0.4 is 4.90 Å². The summed E-state index contributed by atoms with van der Waals surface area (Å²) in [5, 5.41) is 3.83. The standard InChI is InChI=1S/C19H27N3O2/c1-17-4-6-19(7-5-17)22-12-10-21(11-13-22)9-2-3-14-23-16-18-8-15-24-20-18/h4-8,15H,2-3,9-14,16H2,1H3. The summed E-state index contributed by atoms with van der Waals surface area (Å²) in [4.78, 5) is 5.04. The van der Waals surface area contributed by atoms with E-state index in [-0.39, 0.29) is 0 Å². The van der Waals surface area contributed by atoms with Crippen molar-refractivity contribution in [3.8, 4) is 0 Å². The molecule has 5 heteroatoms. The number of hydrogen-bond acceptors (Lipinski definition) is 5.